The van der Waals surface area contributed by atoms with Crippen molar-refractivity contribution in [3.05, 3.63) is 179 Å². The van der Waals surface area contributed by atoms with Gasteiger partial charge in [0.1, 0.15) is 83.3 Å². The highest BCUT2D eigenvalue weighted by Crippen LogP contribution is 2.42. The summed E-state index contributed by atoms with van der Waals surface area (Å²) in [5.41, 5.74) is 5.13. The lowest BCUT2D eigenvalue weighted by atomic mass is 9.95. The fourth-order valence-corrected chi connectivity index (χ4v) is 9.69. The molecule has 4 saturated heterocycles. The van der Waals surface area contributed by atoms with Crippen LogP contribution in [-0.2, 0) is 78.5 Å². The molecule has 0 aliphatic carbocycles. The molecule has 4 heterocycles. The van der Waals surface area contributed by atoms with Crippen LogP contribution in [0.1, 0.15) is 46.0 Å². The molecule has 4 aliphatic heterocycles. The lowest BCUT2D eigenvalue weighted by Crippen LogP contribution is -2.67. The van der Waals surface area contributed by atoms with E-state index >= 15 is 0 Å². The Bertz CT molecular complexity index is 2540. The van der Waals surface area contributed by atoms with Gasteiger partial charge in [-0.3, -0.25) is 0 Å². The largest absolute Gasteiger partial charge is 0.497 e. The highest BCUT2D eigenvalue weighted by molar-refractivity contribution is 5.32. The fraction of sp³-hybridized carbons (Fsp3) is 0.400. The van der Waals surface area contributed by atoms with Gasteiger partial charge in [-0.05, 0) is 95.1 Å². The summed E-state index contributed by atoms with van der Waals surface area (Å²) >= 11 is 0. The molecular weight excluding hydrogens is 993 g/mol. The molecule has 4 aliphatic rings. The number of benzene rings is 6. The molecular formula is C60H66O17. The molecule has 0 N–H and O–H groups in total. The van der Waals surface area contributed by atoms with Crippen molar-refractivity contribution >= 4 is 0 Å². The monoisotopic (exact) mass is 1060 g/mol. The number of hydrogen-bond acceptors (Lipinski definition) is 17. The van der Waals surface area contributed by atoms with E-state index in [1.165, 1.54) is 0 Å². The topological polar surface area (TPSA) is 157 Å². The molecule has 0 unspecified atom stereocenters. The molecule has 0 spiro atoms. The predicted octanol–water partition coefficient (Wildman–Crippen LogP) is 9.07. The van der Waals surface area contributed by atoms with Gasteiger partial charge in [0.15, 0.2) is 25.2 Å². The van der Waals surface area contributed by atoms with Gasteiger partial charge in [0.25, 0.3) is 0 Å². The number of ether oxygens (including phenoxy) is 17. The van der Waals surface area contributed by atoms with Crippen LogP contribution in [0.2, 0.25) is 0 Å². The molecule has 0 aromatic heterocycles. The Morgan fingerprint density at radius 1 is 0.325 bits per heavy atom. The molecule has 17 heteroatoms. The van der Waals surface area contributed by atoms with Gasteiger partial charge in [0.2, 0.25) is 0 Å². The third kappa shape index (κ3) is 13.2. The van der Waals surface area contributed by atoms with E-state index in [4.69, 9.17) is 80.5 Å². The van der Waals surface area contributed by atoms with Gasteiger partial charge in [-0.15, -0.1) is 0 Å². The molecule has 4 fully saturated rings. The molecule has 10 rings (SSSR count). The first-order valence-electron chi connectivity index (χ1n) is 25.6. The van der Waals surface area contributed by atoms with Crippen molar-refractivity contribution in [2.24, 2.45) is 0 Å². The van der Waals surface area contributed by atoms with Crippen LogP contribution in [-0.4, -0.2) is 117 Å². The Morgan fingerprint density at radius 2 is 0.584 bits per heavy atom. The summed E-state index contributed by atoms with van der Waals surface area (Å²) in [6, 6.07) is 45.8. The Labute approximate surface area is 448 Å². The minimum atomic E-state index is -1.16. The van der Waals surface area contributed by atoms with E-state index in [9.17, 15) is 0 Å². The van der Waals surface area contributed by atoms with Crippen LogP contribution in [0.3, 0.4) is 0 Å². The summed E-state index contributed by atoms with van der Waals surface area (Å²) in [7, 11) is 9.77. The van der Waals surface area contributed by atoms with Crippen molar-refractivity contribution < 1.29 is 80.5 Å². The third-order valence-corrected chi connectivity index (χ3v) is 14.0. The van der Waals surface area contributed by atoms with Gasteiger partial charge < -0.3 is 80.5 Å². The molecule has 17 nitrogen and oxygen atoms in total. The standard InChI is InChI=1S/C60H66O17/c1-61-43-19-7-37(8-20-43)31-67-53-51-49(35-71-57(75-51)41-15-27-47(65-5)28-16-41)73-59(55(53)69-33-39-11-23-45(63-3)24-12-39)77-60-56(70-34-40-13-25-46(64-4)26-14-40)54(68-32-38-9-21-44(62-2)22-10-38)52-50(74-60)36-72-58(76-52)42-17-29-48(66-6)30-18-42/h7-30,49-60H,31-36H2,1-6H3/t49-,50-,51-,52-,53+,54+,55-,56-,57-,58-,59-,60-/m1/s1. The third-order valence-electron chi connectivity index (χ3n) is 14.0. The van der Waals surface area contributed by atoms with Crippen LogP contribution >= 0.6 is 0 Å². The van der Waals surface area contributed by atoms with E-state index in [1.54, 1.807) is 42.7 Å². The molecule has 6 aromatic rings. The van der Waals surface area contributed by atoms with Crippen molar-refractivity contribution in [3.63, 3.8) is 0 Å². The molecule has 6 aromatic carbocycles. The summed E-state index contributed by atoms with van der Waals surface area (Å²) in [4.78, 5) is 0. The Hall–Kier alpha value is -6.32. The van der Waals surface area contributed by atoms with Crippen molar-refractivity contribution in [1.29, 1.82) is 0 Å². The molecule has 0 radical (unpaired) electrons. The van der Waals surface area contributed by atoms with Crippen LogP contribution in [0.5, 0.6) is 34.5 Å². The highest BCUT2D eigenvalue weighted by atomic mass is 16.8. The molecule has 12 atom stereocenters. The molecule has 0 bridgehead atoms. The van der Waals surface area contributed by atoms with E-state index in [2.05, 4.69) is 0 Å². The minimum Gasteiger partial charge on any atom is -0.497 e. The lowest BCUT2D eigenvalue weighted by molar-refractivity contribution is -0.422. The minimum absolute atomic E-state index is 0.129. The van der Waals surface area contributed by atoms with E-state index in [0.29, 0.717) is 23.0 Å². The summed E-state index contributed by atoms with van der Waals surface area (Å²) < 4.78 is 109. The summed E-state index contributed by atoms with van der Waals surface area (Å²) in [6.45, 7) is 0.923. The zero-order valence-electron chi connectivity index (χ0n) is 44.0. The first-order valence-corrected chi connectivity index (χ1v) is 25.6. The number of hydrogen-bond donors (Lipinski definition) is 0. The average molecular weight is 1060 g/mol. The van der Waals surface area contributed by atoms with Gasteiger partial charge in [0, 0.05) is 11.1 Å². The van der Waals surface area contributed by atoms with Gasteiger partial charge in [-0.2, -0.15) is 0 Å². The number of fused-ring (bicyclic) bond motifs is 2. The van der Waals surface area contributed by atoms with Gasteiger partial charge in [-0.25, -0.2) is 0 Å². The van der Waals surface area contributed by atoms with Crippen LogP contribution in [0.4, 0.5) is 0 Å². The average Bonchev–Trinajstić information content (AvgIpc) is 3.49. The van der Waals surface area contributed by atoms with E-state index < -0.39 is 74.0 Å². The highest BCUT2D eigenvalue weighted by Gasteiger charge is 2.56. The fourth-order valence-electron chi connectivity index (χ4n) is 9.69. The second kappa shape index (κ2) is 25.9. The van der Waals surface area contributed by atoms with E-state index in [0.717, 1.165) is 44.9 Å². The Kier molecular flexibility index (Phi) is 18.2. The van der Waals surface area contributed by atoms with E-state index in [1.807, 2.05) is 146 Å². The normalized spacial score (nSPS) is 26.9. The second-order valence-corrected chi connectivity index (χ2v) is 18.8. The SMILES string of the molecule is COc1ccc(CO[C@@H]2[C@@H](OCc3ccc(OC)cc3)[C@@H](O[C@H]3O[C@@H]4CO[C@@H](c5ccc(OC)cc5)O[C@H]4[C@H](OCc4ccc(OC)cc4)[C@H]3OCc3ccc(OC)cc3)O[C@@H]3CO[C@@H](c4ccc(OC)cc4)O[C@@H]23)cc1. The van der Waals surface area contributed by atoms with Crippen LogP contribution in [0.25, 0.3) is 0 Å². The van der Waals surface area contributed by atoms with Crippen molar-refractivity contribution in [3.8, 4) is 34.5 Å². The maximum Gasteiger partial charge on any atom is 0.190 e. The Balaban J connectivity index is 1.01. The molecule has 0 saturated carbocycles. The predicted molar refractivity (Wildman–Crippen MR) is 278 cm³/mol. The van der Waals surface area contributed by atoms with Crippen molar-refractivity contribution in [2.45, 2.75) is 100 Å². The van der Waals surface area contributed by atoms with Gasteiger partial charge >= 0.3 is 0 Å². The summed E-state index contributed by atoms with van der Waals surface area (Å²) in [6.07, 6.45) is -10.1. The number of rotatable bonds is 22. The summed E-state index contributed by atoms with van der Waals surface area (Å²) in [5, 5.41) is 0. The lowest BCUT2D eigenvalue weighted by Gasteiger charge is -2.52. The van der Waals surface area contributed by atoms with Crippen LogP contribution in [0, 0.1) is 0 Å². The smallest absolute Gasteiger partial charge is 0.190 e. The summed E-state index contributed by atoms with van der Waals surface area (Å²) in [5.74, 6) is 4.27. The zero-order valence-corrected chi connectivity index (χ0v) is 44.0. The van der Waals surface area contributed by atoms with Crippen LogP contribution < -0.4 is 28.4 Å². The van der Waals surface area contributed by atoms with Crippen molar-refractivity contribution in [1.82, 2.24) is 0 Å². The molecule has 77 heavy (non-hydrogen) atoms. The second-order valence-electron chi connectivity index (χ2n) is 18.8. The number of methoxy groups -OCH3 is 6. The van der Waals surface area contributed by atoms with Crippen molar-refractivity contribution in [2.75, 3.05) is 55.9 Å². The Morgan fingerprint density at radius 3 is 0.857 bits per heavy atom. The quantitative estimate of drug-likeness (QED) is 0.0634. The van der Waals surface area contributed by atoms with Gasteiger partial charge in [-0.1, -0.05) is 72.8 Å². The molecule has 408 valence electrons. The zero-order chi connectivity index (χ0) is 53.1. The van der Waals surface area contributed by atoms with E-state index in [-0.39, 0.29) is 39.6 Å². The maximum atomic E-state index is 7.23. The maximum absolute atomic E-state index is 7.23. The first kappa shape index (κ1) is 54.1. The first-order chi connectivity index (χ1) is 37.8. The van der Waals surface area contributed by atoms with Gasteiger partial charge in [0.05, 0.1) is 82.3 Å². The van der Waals surface area contributed by atoms with Crippen LogP contribution in [0.15, 0.2) is 146 Å². The molecule has 0 amide bonds.